The Morgan fingerprint density at radius 3 is 2.39 bits per heavy atom. The number of anilines is 1. The van der Waals surface area contributed by atoms with Crippen molar-refractivity contribution in [2.75, 3.05) is 18.1 Å². The fourth-order valence-corrected chi connectivity index (χ4v) is 5.00. The van der Waals surface area contributed by atoms with E-state index in [-0.39, 0.29) is 11.5 Å². The van der Waals surface area contributed by atoms with Crippen molar-refractivity contribution in [2.45, 2.75) is 11.3 Å². The molecule has 1 aliphatic rings. The van der Waals surface area contributed by atoms with Crippen molar-refractivity contribution >= 4 is 43.4 Å². The molecule has 1 heterocycles. The summed E-state index contributed by atoms with van der Waals surface area (Å²) in [5, 5.41) is 0. The average molecular weight is 499 g/mol. The predicted molar refractivity (Wildman–Crippen MR) is 123 cm³/mol. The SMILES string of the molecule is O=C(OCCCN(C1=NS(=O)(=O)c2ccccc21)c1ccccc1)c1ccccc1Br. The molecule has 0 unspecified atom stereocenters. The van der Waals surface area contributed by atoms with Gasteiger partial charge in [0.05, 0.1) is 12.2 Å². The Morgan fingerprint density at radius 1 is 0.935 bits per heavy atom. The van der Waals surface area contributed by atoms with Gasteiger partial charge in [0.15, 0.2) is 5.84 Å². The van der Waals surface area contributed by atoms with Gasteiger partial charge in [-0.25, -0.2) is 4.79 Å². The van der Waals surface area contributed by atoms with Gasteiger partial charge < -0.3 is 9.64 Å². The van der Waals surface area contributed by atoms with Gasteiger partial charge in [-0.2, -0.15) is 8.42 Å². The van der Waals surface area contributed by atoms with Crippen LogP contribution in [0.15, 0.2) is 92.6 Å². The molecule has 0 fully saturated rings. The number of fused-ring (bicyclic) bond motifs is 1. The lowest BCUT2D eigenvalue weighted by atomic mass is 10.1. The largest absolute Gasteiger partial charge is 0.462 e. The van der Waals surface area contributed by atoms with Crippen LogP contribution in [0.1, 0.15) is 22.3 Å². The van der Waals surface area contributed by atoms with E-state index in [1.807, 2.05) is 41.3 Å². The van der Waals surface area contributed by atoms with E-state index >= 15 is 0 Å². The van der Waals surface area contributed by atoms with Crippen LogP contribution >= 0.6 is 15.9 Å². The van der Waals surface area contributed by atoms with E-state index in [2.05, 4.69) is 20.3 Å². The summed E-state index contributed by atoms with van der Waals surface area (Å²) in [6, 6.07) is 23.3. The molecular weight excluding hydrogens is 480 g/mol. The lowest BCUT2D eigenvalue weighted by Crippen LogP contribution is -2.32. The number of sulfonamides is 1. The number of para-hydroxylation sites is 1. The minimum Gasteiger partial charge on any atom is -0.462 e. The Kier molecular flexibility index (Phi) is 6.20. The van der Waals surface area contributed by atoms with Crippen LogP contribution in [0.2, 0.25) is 0 Å². The highest BCUT2D eigenvalue weighted by atomic mass is 79.9. The Morgan fingerprint density at radius 2 is 1.61 bits per heavy atom. The van der Waals surface area contributed by atoms with Crippen molar-refractivity contribution in [1.82, 2.24) is 0 Å². The van der Waals surface area contributed by atoms with Gasteiger partial charge in [-0.05, 0) is 58.7 Å². The fourth-order valence-electron chi connectivity index (χ4n) is 3.34. The van der Waals surface area contributed by atoms with Crippen LogP contribution in [-0.4, -0.2) is 33.4 Å². The summed E-state index contributed by atoms with van der Waals surface area (Å²) >= 11 is 3.35. The summed E-state index contributed by atoms with van der Waals surface area (Å²) in [6.07, 6.45) is 0.492. The highest BCUT2D eigenvalue weighted by Gasteiger charge is 2.32. The van der Waals surface area contributed by atoms with Gasteiger partial charge in [-0.15, -0.1) is 4.40 Å². The highest BCUT2D eigenvalue weighted by molar-refractivity contribution is 9.10. The molecule has 0 aromatic heterocycles. The first-order chi connectivity index (χ1) is 15.0. The number of nitrogens with zero attached hydrogens (tertiary/aromatic N) is 2. The Bertz CT molecular complexity index is 1240. The van der Waals surface area contributed by atoms with Crippen LogP contribution in [0.3, 0.4) is 0 Å². The summed E-state index contributed by atoms with van der Waals surface area (Å²) in [4.78, 5) is 14.4. The lowest BCUT2D eigenvalue weighted by Gasteiger charge is -2.24. The van der Waals surface area contributed by atoms with E-state index < -0.39 is 16.0 Å². The molecule has 31 heavy (non-hydrogen) atoms. The molecule has 0 aliphatic carbocycles. The maximum absolute atomic E-state index is 12.5. The Hall–Kier alpha value is -2.97. The van der Waals surface area contributed by atoms with E-state index in [1.165, 1.54) is 0 Å². The van der Waals surface area contributed by atoms with Crippen molar-refractivity contribution in [1.29, 1.82) is 0 Å². The molecule has 6 nitrogen and oxygen atoms in total. The van der Waals surface area contributed by atoms with Crippen LogP contribution in [0.4, 0.5) is 5.69 Å². The molecule has 0 amide bonds. The highest BCUT2D eigenvalue weighted by Crippen LogP contribution is 2.30. The minimum atomic E-state index is -3.74. The van der Waals surface area contributed by atoms with Crippen molar-refractivity contribution in [3.63, 3.8) is 0 Å². The molecule has 3 aromatic carbocycles. The zero-order chi connectivity index (χ0) is 21.8. The number of halogens is 1. The number of ether oxygens (including phenoxy) is 1. The number of hydrogen-bond acceptors (Lipinski definition) is 5. The van der Waals surface area contributed by atoms with E-state index in [0.29, 0.717) is 34.4 Å². The van der Waals surface area contributed by atoms with Gasteiger partial charge in [-0.1, -0.05) is 42.5 Å². The zero-order valence-corrected chi connectivity index (χ0v) is 18.8. The summed E-state index contributed by atoms with van der Waals surface area (Å²) in [5.41, 5.74) is 1.84. The van der Waals surface area contributed by atoms with Crippen LogP contribution in [0.5, 0.6) is 0 Å². The first kappa shape index (κ1) is 21.3. The van der Waals surface area contributed by atoms with Crippen LogP contribution < -0.4 is 4.90 Å². The molecule has 8 heteroatoms. The molecule has 0 radical (unpaired) electrons. The molecular formula is C23H19BrN2O4S. The lowest BCUT2D eigenvalue weighted by molar-refractivity contribution is 0.0502. The molecule has 158 valence electrons. The minimum absolute atomic E-state index is 0.186. The number of amidine groups is 1. The van der Waals surface area contributed by atoms with E-state index in [9.17, 15) is 13.2 Å². The standard InChI is InChI=1S/C23H19BrN2O4S/c24-20-13-6-4-11-18(20)23(27)30-16-8-15-26(17-9-2-1-3-10-17)22-19-12-5-7-14-21(19)31(28,29)25-22/h1-7,9-14H,8,15-16H2. The number of rotatable bonds is 6. The van der Waals surface area contributed by atoms with Crippen molar-refractivity contribution in [3.05, 3.63) is 94.5 Å². The van der Waals surface area contributed by atoms with E-state index in [0.717, 1.165) is 5.69 Å². The average Bonchev–Trinajstić information content (AvgIpc) is 3.05. The van der Waals surface area contributed by atoms with Gasteiger partial charge in [0, 0.05) is 22.3 Å². The number of benzene rings is 3. The first-order valence-corrected chi connectivity index (χ1v) is 11.9. The second-order valence-corrected chi connectivity index (χ2v) is 9.27. The predicted octanol–water partition coefficient (Wildman–Crippen LogP) is 4.65. The summed E-state index contributed by atoms with van der Waals surface area (Å²) < 4.78 is 35.2. The fraction of sp³-hybridized carbons (Fsp3) is 0.130. The second-order valence-electron chi connectivity index (χ2n) is 6.84. The Balaban J connectivity index is 1.52. The maximum atomic E-state index is 12.5. The molecule has 0 N–H and O–H groups in total. The van der Waals surface area contributed by atoms with Crippen LogP contribution in [-0.2, 0) is 14.8 Å². The molecule has 0 bridgehead atoms. The van der Waals surface area contributed by atoms with Crippen molar-refractivity contribution in [2.24, 2.45) is 4.40 Å². The summed E-state index contributed by atoms with van der Waals surface area (Å²) in [5.74, 6) is -0.0382. The van der Waals surface area contributed by atoms with Gasteiger partial charge in [-0.3, -0.25) is 0 Å². The molecule has 0 saturated carbocycles. The van der Waals surface area contributed by atoms with Crippen molar-refractivity contribution < 1.29 is 17.9 Å². The molecule has 1 aliphatic heterocycles. The smallest absolute Gasteiger partial charge is 0.339 e. The van der Waals surface area contributed by atoms with E-state index in [1.54, 1.807) is 42.5 Å². The maximum Gasteiger partial charge on any atom is 0.339 e. The third-order valence-electron chi connectivity index (χ3n) is 4.79. The monoisotopic (exact) mass is 498 g/mol. The topological polar surface area (TPSA) is 76.0 Å². The van der Waals surface area contributed by atoms with Crippen LogP contribution in [0.25, 0.3) is 0 Å². The quantitative estimate of drug-likeness (QED) is 0.365. The number of hydrogen-bond donors (Lipinski definition) is 0. The third-order valence-corrected chi connectivity index (χ3v) is 6.81. The molecule has 0 atom stereocenters. The molecule has 4 rings (SSSR count). The Labute approximate surface area is 189 Å². The molecule has 3 aromatic rings. The second kappa shape index (κ2) is 9.03. The number of esters is 1. The van der Waals surface area contributed by atoms with Crippen LogP contribution in [0, 0.1) is 0 Å². The zero-order valence-electron chi connectivity index (χ0n) is 16.4. The summed E-state index contributed by atoms with van der Waals surface area (Å²) in [6.45, 7) is 0.612. The van der Waals surface area contributed by atoms with Gasteiger partial charge in [0.2, 0.25) is 0 Å². The third kappa shape index (κ3) is 4.55. The first-order valence-electron chi connectivity index (χ1n) is 9.66. The molecule has 0 saturated heterocycles. The van der Waals surface area contributed by atoms with Gasteiger partial charge in [0.1, 0.15) is 4.90 Å². The van der Waals surface area contributed by atoms with Crippen molar-refractivity contribution in [3.8, 4) is 0 Å². The number of carbonyl (C=O) groups is 1. The normalized spacial score (nSPS) is 13.9. The van der Waals surface area contributed by atoms with Gasteiger partial charge >= 0.3 is 5.97 Å². The summed E-state index contributed by atoms with van der Waals surface area (Å²) in [7, 11) is -3.74. The molecule has 0 spiro atoms. The number of carbonyl (C=O) groups excluding carboxylic acids is 1. The van der Waals surface area contributed by atoms with E-state index in [4.69, 9.17) is 4.74 Å². The van der Waals surface area contributed by atoms with Gasteiger partial charge in [0.25, 0.3) is 10.0 Å².